The molecule has 0 aliphatic carbocycles. The molecular weight excluding hydrogens is 200 g/mol. The summed E-state index contributed by atoms with van der Waals surface area (Å²) in [6, 6.07) is 12.8. The van der Waals surface area contributed by atoms with Gasteiger partial charge in [-0.15, -0.1) is 0 Å². The maximum absolute atomic E-state index is 5.37. The summed E-state index contributed by atoms with van der Waals surface area (Å²) in [6.45, 7) is 4.64. The van der Waals surface area contributed by atoms with Gasteiger partial charge in [0.05, 0.1) is 15.9 Å². The van der Waals surface area contributed by atoms with E-state index < -0.39 is 8.80 Å². The van der Waals surface area contributed by atoms with E-state index in [9.17, 15) is 0 Å². The summed E-state index contributed by atoms with van der Waals surface area (Å²) in [6.07, 6.45) is 0. The van der Waals surface area contributed by atoms with E-state index in [1.165, 1.54) is 16.0 Å². The Hall–Kier alpha value is -1.28. The number of hydrogen-bond acceptors (Lipinski definition) is 1. The lowest BCUT2D eigenvalue weighted by molar-refractivity contribution is 0.420. The first-order valence-electron chi connectivity index (χ1n) is 5.10. The average molecular weight is 215 g/mol. The smallest absolute Gasteiger partial charge is 0.126 e. The standard InChI is InChI=1S/C13H15OSi/c1-14-12-8-9-13(15(2)3)11-7-5-4-6-10(11)12/h4-9H,1-3H3. The van der Waals surface area contributed by atoms with Crippen LogP contribution in [0, 0.1) is 0 Å². The van der Waals surface area contributed by atoms with E-state index in [4.69, 9.17) is 4.74 Å². The zero-order chi connectivity index (χ0) is 10.8. The number of hydrogen-bond donors (Lipinski definition) is 0. The largest absolute Gasteiger partial charge is 0.496 e. The van der Waals surface area contributed by atoms with Gasteiger partial charge in [0.1, 0.15) is 5.75 Å². The average Bonchev–Trinajstić information content (AvgIpc) is 2.27. The fourth-order valence-corrected chi connectivity index (χ4v) is 3.06. The molecule has 0 atom stereocenters. The van der Waals surface area contributed by atoms with E-state index in [1.807, 2.05) is 0 Å². The molecule has 0 bridgehead atoms. The van der Waals surface area contributed by atoms with Crippen molar-refractivity contribution in [3.05, 3.63) is 36.4 Å². The third kappa shape index (κ3) is 1.77. The second-order valence-electron chi connectivity index (χ2n) is 3.86. The lowest BCUT2D eigenvalue weighted by Gasteiger charge is -2.11. The molecule has 0 aromatic heterocycles. The number of ether oxygens (including phenoxy) is 1. The van der Waals surface area contributed by atoms with Crippen molar-refractivity contribution < 1.29 is 4.74 Å². The zero-order valence-corrected chi connectivity index (χ0v) is 10.4. The van der Waals surface area contributed by atoms with Crippen LogP contribution in [-0.2, 0) is 0 Å². The van der Waals surface area contributed by atoms with Crippen LogP contribution in [0.5, 0.6) is 5.75 Å². The number of fused-ring (bicyclic) bond motifs is 1. The van der Waals surface area contributed by atoms with Crippen LogP contribution in [0.15, 0.2) is 36.4 Å². The van der Waals surface area contributed by atoms with Crippen molar-refractivity contribution in [3.8, 4) is 5.75 Å². The maximum Gasteiger partial charge on any atom is 0.126 e. The minimum absolute atomic E-state index is 0.417. The first-order chi connectivity index (χ1) is 7.24. The van der Waals surface area contributed by atoms with Crippen LogP contribution in [0.2, 0.25) is 13.1 Å². The van der Waals surface area contributed by atoms with Crippen molar-refractivity contribution >= 4 is 24.8 Å². The summed E-state index contributed by atoms with van der Waals surface area (Å²) in [7, 11) is 1.31. The molecule has 0 spiro atoms. The normalized spacial score (nSPS) is 10.9. The molecule has 1 radical (unpaired) electrons. The van der Waals surface area contributed by atoms with Gasteiger partial charge in [0.15, 0.2) is 0 Å². The molecule has 1 nitrogen and oxygen atoms in total. The van der Waals surface area contributed by atoms with Crippen LogP contribution in [0.25, 0.3) is 10.8 Å². The molecule has 2 aromatic carbocycles. The highest BCUT2D eigenvalue weighted by molar-refractivity contribution is 6.73. The molecule has 2 rings (SSSR count). The van der Waals surface area contributed by atoms with Crippen molar-refractivity contribution in [1.29, 1.82) is 0 Å². The summed E-state index contributed by atoms with van der Waals surface area (Å²) < 4.78 is 5.37. The molecule has 0 aliphatic rings. The third-order valence-electron chi connectivity index (χ3n) is 2.64. The summed E-state index contributed by atoms with van der Waals surface area (Å²) >= 11 is 0. The Morgan fingerprint density at radius 1 is 0.933 bits per heavy atom. The Labute approximate surface area is 92.3 Å². The molecule has 0 aliphatic heterocycles. The van der Waals surface area contributed by atoms with Crippen LogP contribution in [0.3, 0.4) is 0 Å². The Balaban J connectivity index is 2.77. The van der Waals surface area contributed by atoms with Gasteiger partial charge < -0.3 is 4.74 Å². The number of benzene rings is 2. The summed E-state index contributed by atoms with van der Waals surface area (Å²) in [4.78, 5) is 0. The van der Waals surface area contributed by atoms with E-state index >= 15 is 0 Å². The monoisotopic (exact) mass is 215 g/mol. The van der Waals surface area contributed by atoms with Crippen LogP contribution < -0.4 is 9.92 Å². The molecule has 77 valence electrons. The fourth-order valence-electron chi connectivity index (χ4n) is 1.89. The van der Waals surface area contributed by atoms with E-state index in [-0.39, 0.29) is 0 Å². The summed E-state index contributed by atoms with van der Waals surface area (Å²) in [5.41, 5.74) is 0. The van der Waals surface area contributed by atoms with Crippen molar-refractivity contribution in [2.24, 2.45) is 0 Å². The van der Waals surface area contributed by atoms with E-state index in [1.54, 1.807) is 7.11 Å². The van der Waals surface area contributed by atoms with Gasteiger partial charge in [-0.05, 0) is 11.5 Å². The quantitative estimate of drug-likeness (QED) is 0.700. The third-order valence-corrected chi connectivity index (χ3v) is 4.16. The molecule has 2 aromatic rings. The van der Waals surface area contributed by atoms with Gasteiger partial charge in [0.2, 0.25) is 0 Å². The van der Waals surface area contributed by atoms with Gasteiger partial charge >= 0.3 is 0 Å². The Bertz CT molecular complexity index is 477. The van der Waals surface area contributed by atoms with Crippen LogP contribution in [0.1, 0.15) is 0 Å². The van der Waals surface area contributed by atoms with Gasteiger partial charge in [-0.2, -0.15) is 0 Å². The van der Waals surface area contributed by atoms with Crippen LogP contribution in [-0.4, -0.2) is 15.9 Å². The van der Waals surface area contributed by atoms with E-state index in [0.29, 0.717) is 0 Å². The fraction of sp³-hybridized carbons (Fsp3) is 0.231. The zero-order valence-electron chi connectivity index (χ0n) is 9.37. The highest BCUT2D eigenvalue weighted by Gasteiger charge is 2.08. The lowest BCUT2D eigenvalue weighted by Crippen LogP contribution is -2.23. The first-order valence-corrected chi connectivity index (χ1v) is 7.60. The maximum atomic E-state index is 5.37. The van der Waals surface area contributed by atoms with Gasteiger partial charge in [0, 0.05) is 5.39 Å². The Morgan fingerprint density at radius 2 is 1.60 bits per heavy atom. The van der Waals surface area contributed by atoms with Gasteiger partial charge in [0.25, 0.3) is 0 Å². The van der Waals surface area contributed by atoms with Gasteiger partial charge in [-0.25, -0.2) is 0 Å². The minimum Gasteiger partial charge on any atom is -0.496 e. The number of methoxy groups -OCH3 is 1. The molecule has 0 amide bonds. The summed E-state index contributed by atoms with van der Waals surface area (Å²) in [5, 5.41) is 4.05. The molecule has 0 unspecified atom stereocenters. The second-order valence-corrected chi connectivity index (χ2v) is 6.40. The van der Waals surface area contributed by atoms with Crippen molar-refractivity contribution in [1.82, 2.24) is 0 Å². The topological polar surface area (TPSA) is 9.23 Å². The summed E-state index contributed by atoms with van der Waals surface area (Å²) in [5.74, 6) is 0.970. The molecule has 15 heavy (non-hydrogen) atoms. The van der Waals surface area contributed by atoms with E-state index in [2.05, 4.69) is 49.5 Å². The van der Waals surface area contributed by atoms with Gasteiger partial charge in [-0.3, -0.25) is 0 Å². The SMILES string of the molecule is COc1ccc([Si](C)C)c2ccccc12. The highest BCUT2D eigenvalue weighted by Crippen LogP contribution is 2.23. The lowest BCUT2D eigenvalue weighted by atomic mass is 10.1. The molecule has 0 fully saturated rings. The Morgan fingerprint density at radius 3 is 2.20 bits per heavy atom. The molecular formula is C13H15OSi. The van der Waals surface area contributed by atoms with Crippen molar-refractivity contribution in [2.75, 3.05) is 7.11 Å². The Kier molecular flexibility index (Phi) is 2.78. The molecule has 0 saturated carbocycles. The molecule has 0 N–H and O–H groups in total. The first kappa shape index (κ1) is 10.2. The van der Waals surface area contributed by atoms with Crippen LogP contribution >= 0.6 is 0 Å². The van der Waals surface area contributed by atoms with Crippen molar-refractivity contribution in [3.63, 3.8) is 0 Å². The van der Waals surface area contributed by atoms with Crippen molar-refractivity contribution in [2.45, 2.75) is 13.1 Å². The molecule has 0 saturated heterocycles. The predicted molar refractivity (Wildman–Crippen MR) is 67.6 cm³/mol. The second kappa shape index (κ2) is 4.07. The predicted octanol–water partition coefficient (Wildman–Crippen LogP) is 2.81. The highest BCUT2D eigenvalue weighted by atomic mass is 28.3. The molecule has 2 heteroatoms. The number of rotatable bonds is 2. The minimum atomic E-state index is -0.417. The van der Waals surface area contributed by atoms with Crippen LogP contribution in [0.4, 0.5) is 0 Å². The molecule has 0 heterocycles. The van der Waals surface area contributed by atoms with E-state index in [0.717, 1.165) is 5.75 Å². The van der Waals surface area contributed by atoms with Gasteiger partial charge in [-0.1, -0.05) is 48.6 Å².